The van der Waals surface area contributed by atoms with Crippen LogP contribution in [-0.2, 0) is 11.3 Å². The van der Waals surface area contributed by atoms with Crippen molar-refractivity contribution in [3.05, 3.63) is 72.1 Å². The molecule has 0 unspecified atom stereocenters. The van der Waals surface area contributed by atoms with Crippen molar-refractivity contribution < 1.29 is 14.3 Å². The molecular weight excluding hydrogens is 346 g/mol. The maximum atomic E-state index is 12.4. The van der Waals surface area contributed by atoms with Crippen molar-refractivity contribution in [3.8, 4) is 5.75 Å². The lowest BCUT2D eigenvalue weighted by molar-refractivity contribution is -0.118. The molecule has 1 aliphatic heterocycles. The van der Waals surface area contributed by atoms with E-state index in [4.69, 9.17) is 4.74 Å². The molecule has 0 bridgehead atoms. The number of rotatable bonds is 4. The number of aromatic nitrogens is 3. The number of nitrogens with one attached hydrogen (secondary N) is 2. The Hall–Kier alpha value is -3.68. The van der Waals surface area contributed by atoms with Gasteiger partial charge in [-0.05, 0) is 17.7 Å². The summed E-state index contributed by atoms with van der Waals surface area (Å²) in [5, 5.41) is 13.3. The van der Waals surface area contributed by atoms with Crippen molar-refractivity contribution in [1.82, 2.24) is 20.3 Å². The highest BCUT2D eigenvalue weighted by Crippen LogP contribution is 2.26. The van der Waals surface area contributed by atoms with E-state index < -0.39 is 11.9 Å². The topological polar surface area (TPSA) is 98.1 Å². The first-order valence-electron chi connectivity index (χ1n) is 8.46. The number of fused-ring (bicyclic) bond motifs is 1. The average molecular weight is 363 g/mol. The number of para-hydroxylation sites is 2. The first-order valence-corrected chi connectivity index (χ1v) is 8.46. The summed E-state index contributed by atoms with van der Waals surface area (Å²) in [5.74, 6) is -0.259. The first kappa shape index (κ1) is 16.8. The Morgan fingerprint density at radius 2 is 1.96 bits per heavy atom. The van der Waals surface area contributed by atoms with Crippen molar-refractivity contribution in [2.24, 2.45) is 0 Å². The van der Waals surface area contributed by atoms with Crippen LogP contribution < -0.4 is 15.4 Å². The Morgan fingerprint density at radius 1 is 1.19 bits per heavy atom. The number of carbonyl (C=O) groups excluding carboxylic acids is 2. The lowest BCUT2D eigenvalue weighted by atomic mass is 10.2. The van der Waals surface area contributed by atoms with Gasteiger partial charge in [0.2, 0.25) is 0 Å². The number of nitrogens with zero attached hydrogens (tertiary/aromatic N) is 3. The van der Waals surface area contributed by atoms with Crippen LogP contribution in [0, 0.1) is 0 Å². The molecule has 0 fully saturated rings. The Balaban J connectivity index is 1.41. The molecule has 3 aromatic rings. The highest BCUT2D eigenvalue weighted by Gasteiger charge is 2.27. The predicted molar refractivity (Wildman–Crippen MR) is 97.4 cm³/mol. The summed E-state index contributed by atoms with van der Waals surface area (Å²) in [6.07, 6.45) is 1.55. The van der Waals surface area contributed by atoms with Crippen molar-refractivity contribution in [3.63, 3.8) is 0 Å². The van der Waals surface area contributed by atoms with E-state index in [1.54, 1.807) is 29.1 Å². The van der Waals surface area contributed by atoms with E-state index in [1.165, 1.54) is 0 Å². The van der Waals surface area contributed by atoms with Crippen molar-refractivity contribution in [2.45, 2.75) is 12.6 Å². The molecule has 4 rings (SSSR count). The molecule has 2 amide bonds. The molecule has 0 spiro atoms. The van der Waals surface area contributed by atoms with Gasteiger partial charge in [0, 0.05) is 0 Å². The molecule has 1 aliphatic rings. The number of hydrogen-bond donors (Lipinski definition) is 2. The molecule has 136 valence electrons. The molecular formula is C19H17N5O3. The number of carbonyl (C=O) groups is 2. The monoisotopic (exact) mass is 363 g/mol. The summed E-state index contributed by atoms with van der Waals surface area (Å²) in [5.41, 5.74) is 1.76. The molecule has 1 atom stereocenters. The summed E-state index contributed by atoms with van der Waals surface area (Å²) >= 11 is 0. The van der Waals surface area contributed by atoms with E-state index in [1.807, 2.05) is 36.4 Å². The van der Waals surface area contributed by atoms with Gasteiger partial charge in [-0.25, -0.2) is 4.68 Å². The predicted octanol–water partition coefficient (Wildman–Crippen LogP) is 1.46. The quantitative estimate of drug-likeness (QED) is 0.731. The van der Waals surface area contributed by atoms with Crippen LogP contribution in [0.2, 0.25) is 0 Å². The largest absolute Gasteiger partial charge is 0.489 e. The van der Waals surface area contributed by atoms with E-state index in [9.17, 15) is 9.59 Å². The zero-order chi connectivity index (χ0) is 18.6. The summed E-state index contributed by atoms with van der Waals surface area (Å²) < 4.78 is 7.19. The molecule has 2 heterocycles. The summed E-state index contributed by atoms with van der Waals surface area (Å²) in [4.78, 5) is 24.8. The molecule has 0 radical (unpaired) electrons. The lowest BCUT2D eigenvalue weighted by Gasteiger charge is -2.13. The molecule has 0 aliphatic carbocycles. The Labute approximate surface area is 155 Å². The number of ether oxygens (including phenoxy) is 1. The fraction of sp³-hybridized carbons (Fsp3) is 0.158. The van der Waals surface area contributed by atoms with Gasteiger partial charge in [-0.15, -0.1) is 5.10 Å². The summed E-state index contributed by atoms with van der Waals surface area (Å²) in [6, 6.07) is 16.0. The third kappa shape index (κ3) is 3.79. The van der Waals surface area contributed by atoms with Gasteiger partial charge in [0.1, 0.15) is 18.4 Å². The van der Waals surface area contributed by atoms with Crippen LogP contribution in [0.15, 0.2) is 60.8 Å². The van der Waals surface area contributed by atoms with Gasteiger partial charge in [-0.2, -0.15) is 0 Å². The van der Waals surface area contributed by atoms with E-state index in [0.29, 0.717) is 18.0 Å². The van der Waals surface area contributed by atoms with Crippen molar-refractivity contribution in [1.29, 1.82) is 0 Å². The van der Waals surface area contributed by atoms with Gasteiger partial charge in [0.05, 0.1) is 18.4 Å². The zero-order valence-corrected chi connectivity index (χ0v) is 14.3. The van der Waals surface area contributed by atoms with Crippen molar-refractivity contribution >= 4 is 17.5 Å². The highest BCUT2D eigenvalue weighted by molar-refractivity contribution is 6.01. The van der Waals surface area contributed by atoms with Crippen LogP contribution in [-0.4, -0.2) is 39.5 Å². The molecule has 8 nitrogen and oxygen atoms in total. The number of hydrogen-bond acceptors (Lipinski definition) is 5. The number of benzene rings is 2. The minimum absolute atomic E-state index is 0.0345. The molecule has 2 aromatic carbocycles. The van der Waals surface area contributed by atoms with Gasteiger partial charge in [0.15, 0.2) is 5.69 Å². The van der Waals surface area contributed by atoms with E-state index in [2.05, 4.69) is 20.9 Å². The number of anilines is 1. The van der Waals surface area contributed by atoms with Crippen LogP contribution in [0.1, 0.15) is 16.1 Å². The number of amides is 2. The fourth-order valence-electron chi connectivity index (χ4n) is 2.75. The van der Waals surface area contributed by atoms with Crippen LogP contribution in [0.25, 0.3) is 0 Å². The van der Waals surface area contributed by atoms with E-state index in [0.717, 1.165) is 5.56 Å². The van der Waals surface area contributed by atoms with E-state index in [-0.39, 0.29) is 18.2 Å². The average Bonchev–Trinajstić information content (AvgIpc) is 3.09. The Bertz CT molecular complexity index is 970. The fourth-order valence-corrected chi connectivity index (χ4v) is 2.75. The van der Waals surface area contributed by atoms with Gasteiger partial charge in [-0.1, -0.05) is 47.7 Å². The second-order valence-electron chi connectivity index (χ2n) is 6.11. The molecule has 0 saturated heterocycles. The van der Waals surface area contributed by atoms with Crippen LogP contribution >= 0.6 is 0 Å². The maximum absolute atomic E-state index is 12.4. The second-order valence-corrected chi connectivity index (χ2v) is 6.11. The van der Waals surface area contributed by atoms with E-state index >= 15 is 0 Å². The smallest absolute Gasteiger partial charge is 0.274 e. The standard InChI is InChI=1S/C19H17N5O3/c25-18(15-11-24(23-22-15)10-13-6-2-1-3-7-13)21-16-12-27-17-9-5-4-8-14(17)20-19(16)26/h1-9,11,16H,10,12H2,(H,20,26)(H,21,25)/t16-/m0/s1. The Morgan fingerprint density at radius 3 is 2.81 bits per heavy atom. The SMILES string of the molecule is O=C(N[C@H]1COc2ccccc2NC1=O)c1cn(Cc2ccccc2)nn1. The summed E-state index contributed by atoms with van der Waals surface area (Å²) in [7, 11) is 0. The lowest BCUT2D eigenvalue weighted by Crippen LogP contribution is -2.46. The first-order chi connectivity index (χ1) is 13.2. The van der Waals surface area contributed by atoms with Crippen molar-refractivity contribution in [2.75, 3.05) is 11.9 Å². The van der Waals surface area contributed by atoms with Crippen LogP contribution in [0.3, 0.4) is 0 Å². The normalized spacial score (nSPS) is 15.9. The molecule has 0 saturated carbocycles. The molecule has 8 heteroatoms. The summed E-state index contributed by atoms with van der Waals surface area (Å²) in [6.45, 7) is 0.538. The van der Waals surface area contributed by atoms with Gasteiger partial charge < -0.3 is 15.4 Å². The second kappa shape index (κ2) is 7.28. The Kier molecular flexibility index (Phi) is 4.52. The zero-order valence-electron chi connectivity index (χ0n) is 14.3. The van der Waals surface area contributed by atoms with Crippen LogP contribution in [0.4, 0.5) is 5.69 Å². The molecule has 27 heavy (non-hydrogen) atoms. The maximum Gasteiger partial charge on any atom is 0.274 e. The third-order valence-electron chi connectivity index (χ3n) is 4.13. The van der Waals surface area contributed by atoms with Gasteiger partial charge in [-0.3, -0.25) is 9.59 Å². The van der Waals surface area contributed by atoms with Crippen LogP contribution in [0.5, 0.6) is 5.75 Å². The molecule has 1 aromatic heterocycles. The van der Waals surface area contributed by atoms with Gasteiger partial charge >= 0.3 is 0 Å². The van der Waals surface area contributed by atoms with Gasteiger partial charge in [0.25, 0.3) is 11.8 Å². The molecule has 2 N–H and O–H groups in total. The highest BCUT2D eigenvalue weighted by atomic mass is 16.5. The minimum atomic E-state index is -0.829. The minimum Gasteiger partial charge on any atom is -0.489 e. The third-order valence-corrected chi connectivity index (χ3v) is 4.13.